The summed E-state index contributed by atoms with van der Waals surface area (Å²) in [7, 11) is 0. The Morgan fingerprint density at radius 2 is 2.00 bits per heavy atom. The lowest BCUT2D eigenvalue weighted by molar-refractivity contribution is -0.464. The van der Waals surface area contributed by atoms with Gasteiger partial charge in [-0.1, -0.05) is 0 Å². The summed E-state index contributed by atoms with van der Waals surface area (Å²) in [5.74, 6) is 0. The van der Waals surface area contributed by atoms with E-state index in [1.807, 2.05) is 0 Å². The molecule has 0 aliphatic carbocycles. The van der Waals surface area contributed by atoms with Crippen molar-refractivity contribution in [2.45, 2.75) is 12.9 Å². The molecule has 1 aliphatic heterocycles. The average molecular weight is 119 g/mol. The van der Waals surface area contributed by atoms with Gasteiger partial charge >= 0.3 is 6.48 Å². The highest BCUT2D eigenvalue weighted by Gasteiger charge is 2.13. The van der Waals surface area contributed by atoms with Crippen molar-refractivity contribution in [2.24, 2.45) is 0 Å². The molecule has 0 bridgehead atoms. The van der Waals surface area contributed by atoms with Crippen LogP contribution in [0.15, 0.2) is 0 Å². The van der Waals surface area contributed by atoms with Crippen molar-refractivity contribution in [1.82, 2.24) is 0 Å². The van der Waals surface area contributed by atoms with Gasteiger partial charge in [0.05, 0.1) is 13.2 Å². The lowest BCUT2D eigenvalue weighted by Gasteiger charge is -2.18. The first kappa shape index (κ1) is 5.97. The van der Waals surface area contributed by atoms with Crippen molar-refractivity contribution in [2.75, 3.05) is 13.2 Å². The summed E-state index contributed by atoms with van der Waals surface area (Å²) in [4.78, 5) is 3.50. The van der Waals surface area contributed by atoms with Crippen LogP contribution in [-0.2, 0) is 19.6 Å². The molecule has 4 heteroatoms. The van der Waals surface area contributed by atoms with Gasteiger partial charge in [0, 0.05) is 0 Å². The van der Waals surface area contributed by atoms with Crippen LogP contribution in [0.4, 0.5) is 0 Å². The molecule has 1 radical (unpaired) electrons. The Labute approximate surface area is 46.9 Å². The number of hydrogen-bond acceptors (Lipinski definition) is 3. The smallest absolute Gasteiger partial charge is 0.304 e. The molecule has 1 rings (SSSR count). The van der Waals surface area contributed by atoms with Crippen molar-refractivity contribution >= 4 is 0 Å². The van der Waals surface area contributed by atoms with Crippen molar-refractivity contribution in [3.05, 3.63) is 0 Å². The van der Waals surface area contributed by atoms with Crippen LogP contribution in [0.25, 0.3) is 0 Å². The molecular formula is C4H7O4. The maximum absolute atomic E-state index is 9.53. The minimum absolute atomic E-state index is 0.549. The first-order valence-electron chi connectivity index (χ1n) is 2.45. The molecule has 8 heavy (non-hydrogen) atoms. The Balaban J connectivity index is 2.13. The fraction of sp³-hybridized carbons (Fsp3) is 1.00. The van der Waals surface area contributed by atoms with Crippen LogP contribution >= 0.6 is 0 Å². The molecule has 4 nitrogen and oxygen atoms in total. The van der Waals surface area contributed by atoms with Gasteiger partial charge in [-0.25, -0.2) is 0 Å². The largest absolute Gasteiger partial charge is 0.328 e. The van der Waals surface area contributed by atoms with Crippen molar-refractivity contribution < 1.29 is 19.6 Å². The zero-order valence-corrected chi connectivity index (χ0v) is 4.33. The van der Waals surface area contributed by atoms with Crippen molar-refractivity contribution in [3.63, 3.8) is 0 Å². The third-order valence-electron chi connectivity index (χ3n) is 0.875. The van der Waals surface area contributed by atoms with Crippen LogP contribution < -0.4 is 0 Å². The standard InChI is InChI=1S/C4H7O4/c5-8-4-6-2-1-3-7-4/h4H,1-3H2. The normalized spacial score (nSPS) is 23.6. The predicted molar refractivity (Wildman–Crippen MR) is 22.1 cm³/mol. The van der Waals surface area contributed by atoms with E-state index in [0.717, 1.165) is 6.42 Å². The first-order valence-corrected chi connectivity index (χ1v) is 2.45. The summed E-state index contributed by atoms with van der Waals surface area (Å²) in [6, 6.07) is 0. The van der Waals surface area contributed by atoms with Gasteiger partial charge in [-0.15, -0.1) is 4.89 Å². The summed E-state index contributed by atoms with van der Waals surface area (Å²) >= 11 is 0. The third-order valence-corrected chi connectivity index (χ3v) is 0.875. The van der Waals surface area contributed by atoms with E-state index in [0.29, 0.717) is 13.2 Å². The van der Waals surface area contributed by atoms with Gasteiger partial charge in [-0.2, -0.15) is 0 Å². The van der Waals surface area contributed by atoms with E-state index in [1.54, 1.807) is 0 Å². The number of rotatable bonds is 1. The van der Waals surface area contributed by atoms with Gasteiger partial charge in [0.2, 0.25) is 0 Å². The van der Waals surface area contributed by atoms with Gasteiger partial charge in [0.1, 0.15) is 0 Å². The van der Waals surface area contributed by atoms with E-state index < -0.39 is 6.48 Å². The third kappa shape index (κ3) is 1.41. The number of hydrogen-bond donors (Lipinski definition) is 0. The number of ether oxygens (including phenoxy) is 2. The summed E-state index contributed by atoms with van der Waals surface area (Å²) < 4.78 is 9.34. The van der Waals surface area contributed by atoms with E-state index in [9.17, 15) is 5.26 Å². The molecule has 0 unspecified atom stereocenters. The molecule has 1 heterocycles. The molecule has 0 aromatic heterocycles. The molecule has 47 valence electrons. The summed E-state index contributed by atoms with van der Waals surface area (Å²) in [5.41, 5.74) is 0. The Morgan fingerprint density at radius 1 is 1.38 bits per heavy atom. The SMILES string of the molecule is [O]OC1OCCCO1. The van der Waals surface area contributed by atoms with Crippen molar-refractivity contribution in [1.29, 1.82) is 0 Å². The zero-order chi connectivity index (χ0) is 5.82. The minimum atomic E-state index is -0.969. The highest BCUT2D eigenvalue weighted by molar-refractivity contribution is 4.38. The highest BCUT2D eigenvalue weighted by Crippen LogP contribution is 2.03. The molecule has 0 aromatic carbocycles. The van der Waals surface area contributed by atoms with Gasteiger partial charge in [-0.05, 0) is 11.7 Å². The van der Waals surface area contributed by atoms with Gasteiger partial charge in [0.25, 0.3) is 0 Å². The zero-order valence-electron chi connectivity index (χ0n) is 4.33. The van der Waals surface area contributed by atoms with Crippen LogP contribution in [-0.4, -0.2) is 19.7 Å². The Morgan fingerprint density at radius 3 is 2.38 bits per heavy atom. The van der Waals surface area contributed by atoms with E-state index in [1.165, 1.54) is 0 Å². The molecule has 1 fully saturated rings. The van der Waals surface area contributed by atoms with Crippen LogP contribution in [0, 0.1) is 0 Å². The Bertz CT molecular complexity index is 59.1. The van der Waals surface area contributed by atoms with Crippen LogP contribution in [0.3, 0.4) is 0 Å². The van der Waals surface area contributed by atoms with Crippen LogP contribution in [0.1, 0.15) is 6.42 Å². The second-order valence-electron chi connectivity index (χ2n) is 1.48. The fourth-order valence-corrected chi connectivity index (χ4v) is 0.522. The van der Waals surface area contributed by atoms with Gasteiger partial charge in [0.15, 0.2) is 0 Å². The molecule has 0 aromatic rings. The van der Waals surface area contributed by atoms with E-state index in [-0.39, 0.29) is 0 Å². The summed E-state index contributed by atoms with van der Waals surface area (Å²) in [5, 5.41) is 9.53. The quantitative estimate of drug-likeness (QED) is 0.362. The summed E-state index contributed by atoms with van der Waals surface area (Å²) in [6.45, 7) is 0.128. The monoisotopic (exact) mass is 119 g/mol. The highest BCUT2D eigenvalue weighted by atomic mass is 17.2. The van der Waals surface area contributed by atoms with Crippen LogP contribution in [0.5, 0.6) is 0 Å². The predicted octanol–water partition coefficient (Wildman–Crippen LogP) is 0.0690. The first-order chi connectivity index (χ1) is 3.93. The maximum atomic E-state index is 9.53. The van der Waals surface area contributed by atoms with Crippen LogP contribution in [0.2, 0.25) is 0 Å². The lowest BCUT2D eigenvalue weighted by atomic mass is 10.5. The molecule has 0 saturated carbocycles. The Kier molecular flexibility index (Phi) is 2.23. The fourth-order valence-electron chi connectivity index (χ4n) is 0.522. The molecule has 1 saturated heterocycles. The van der Waals surface area contributed by atoms with E-state index in [4.69, 9.17) is 0 Å². The van der Waals surface area contributed by atoms with Crippen molar-refractivity contribution in [3.8, 4) is 0 Å². The molecule has 0 spiro atoms. The maximum Gasteiger partial charge on any atom is 0.304 e. The molecule has 0 atom stereocenters. The second-order valence-corrected chi connectivity index (χ2v) is 1.48. The van der Waals surface area contributed by atoms with Gasteiger partial charge < -0.3 is 9.47 Å². The Hall–Kier alpha value is -0.160. The van der Waals surface area contributed by atoms with E-state index >= 15 is 0 Å². The molecular weight excluding hydrogens is 112 g/mol. The minimum Gasteiger partial charge on any atom is -0.328 e. The van der Waals surface area contributed by atoms with Gasteiger partial charge in [-0.3, -0.25) is 0 Å². The van der Waals surface area contributed by atoms with E-state index in [2.05, 4.69) is 14.4 Å². The second kappa shape index (κ2) is 2.99. The molecule has 0 N–H and O–H groups in total. The molecule has 1 aliphatic rings. The topological polar surface area (TPSA) is 47.6 Å². The molecule has 0 amide bonds. The lowest BCUT2D eigenvalue weighted by Crippen LogP contribution is -2.25. The summed E-state index contributed by atoms with van der Waals surface area (Å²) in [6.07, 6.45) is 0.833. The average Bonchev–Trinajstić information content (AvgIpc) is 1.90.